The van der Waals surface area contributed by atoms with E-state index in [2.05, 4.69) is 0 Å². The molecule has 1 aliphatic heterocycles. The third-order valence-electron chi connectivity index (χ3n) is 5.55. The van der Waals surface area contributed by atoms with Crippen molar-refractivity contribution in [1.29, 1.82) is 0 Å². The number of ether oxygens (including phenoxy) is 3. The first-order valence-corrected chi connectivity index (χ1v) is 10.0. The molecule has 0 bridgehead atoms. The highest BCUT2D eigenvalue weighted by Gasteiger charge is 2.43. The number of carbonyl (C=O) groups is 2. The van der Waals surface area contributed by atoms with E-state index in [-0.39, 0.29) is 42.4 Å². The lowest BCUT2D eigenvalue weighted by molar-refractivity contribution is -0.147. The minimum atomic E-state index is -0.822. The van der Waals surface area contributed by atoms with E-state index in [0.717, 1.165) is 0 Å². The lowest BCUT2D eigenvalue weighted by Gasteiger charge is -2.35. The second kappa shape index (κ2) is 8.05. The van der Waals surface area contributed by atoms with Crippen LogP contribution in [-0.4, -0.2) is 41.8 Å². The molecule has 0 saturated carbocycles. The SMILES string of the molecule is COc1c2c(c(C)c3cc(O)c(O)cc13)OCC(C)(CCCC(=O)OC(C)C)C2=O. The van der Waals surface area contributed by atoms with Crippen molar-refractivity contribution in [1.82, 2.24) is 0 Å². The predicted octanol–water partition coefficient (Wildman–Crippen LogP) is 4.27. The van der Waals surface area contributed by atoms with Gasteiger partial charge in [0.15, 0.2) is 17.3 Å². The maximum Gasteiger partial charge on any atom is 0.306 e. The number of Topliss-reactive ketones (excluding diaryl/α,β-unsaturated/α-hetero) is 1. The Morgan fingerprint density at radius 1 is 1.23 bits per heavy atom. The number of phenolic OH excluding ortho intramolecular Hbond substituents is 2. The molecule has 0 radical (unpaired) electrons. The fourth-order valence-electron chi connectivity index (χ4n) is 3.95. The first-order chi connectivity index (χ1) is 14.1. The Balaban J connectivity index is 1.97. The summed E-state index contributed by atoms with van der Waals surface area (Å²) >= 11 is 0. The molecule has 0 aromatic heterocycles. The molecule has 1 aliphatic rings. The molecule has 2 aromatic rings. The van der Waals surface area contributed by atoms with E-state index >= 15 is 0 Å². The fourth-order valence-corrected chi connectivity index (χ4v) is 3.95. The zero-order valence-electron chi connectivity index (χ0n) is 18.0. The smallest absolute Gasteiger partial charge is 0.306 e. The normalized spacial score (nSPS) is 18.3. The molecule has 1 atom stereocenters. The van der Waals surface area contributed by atoms with Crippen molar-refractivity contribution in [2.45, 2.75) is 53.1 Å². The molecular formula is C23H28O7. The number of aromatic hydroxyl groups is 2. The van der Waals surface area contributed by atoms with Gasteiger partial charge in [-0.1, -0.05) is 0 Å². The van der Waals surface area contributed by atoms with Crippen LogP contribution in [-0.2, 0) is 9.53 Å². The first-order valence-electron chi connectivity index (χ1n) is 10.0. The van der Waals surface area contributed by atoms with E-state index in [1.165, 1.54) is 19.2 Å². The number of methoxy groups -OCH3 is 1. The Bertz CT molecular complexity index is 1010. The van der Waals surface area contributed by atoms with Gasteiger partial charge in [0.25, 0.3) is 0 Å². The van der Waals surface area contributed by atoms with E-state index in [1.807, 2.05) is 6.92 Å². The van der Waals surface area contributed by atoms with Crippen LogP contribution in [0.1, 0.15) is 56.0 Å². The van der Waals surface area contributed by atoms with Gasteiger partial charge in [0, 0.05) is 17.4 Å². The zero-order valence-corrected chi connectivity index (χ0v) is 18.0. The van der Waals surface area contributed by atoms with Gasteiger partial charge in [0.05, 0.1) is 18.6 Å². The summed E-state index contributed by atoms with van der Waals surface area (Å²) in [5.41, 5.74) is 0.190. The van der Waals surface area contributed by atoms with Crippen molar-refractivity contribution in [3.05, 3.63) is 23.3 Å². The molecule has 3 rings (SSSR count). The van der Waals surface area contributed by atoms with Crippen LogP contribution >= 0.6 is 0 Å². The average molecular weight is 416 g/mol. The van der Waals surface area contributed by atoms with Crippen LogP contribution in [0.3, 0.4) is 0 Å². The Labute approximate surface area is 175 Å². The summed E-state index contributed by atoms with van der Waals surface area (Å²) in [6.07, 6.45) is 1.01. The van der Waals surface area contributed by atoms with E-state index in [4.69, 9.17) is 14.2 Å². The molecule has 30 heavy (non-hydrogen) atoms. The highest BCUT2D eigenvalue weighted by Crippen LogP contribution is 2.49. The Hall–Kier alpha value is -2.96. The number of aryl methyl sites for hydroxylation is 1. The number of hydrogen-bond donors (Lipinski definition) is 2. The van der Waals surface area contributed by atoms with E-state index in [0.29, 0.717) is 46.2 Å². The molecule has 7 heteroatoms. The van der Waals surface area contributed by atoms with Crippen LogP contribution < -0.4 is 9.47 Å². The number of rotatable bonds is 6. The van der Waals surface area contributed by atoms with Crippen molar-refractivity contribution in [2.24, 2.45) is 5.41 Å². The lowest BCUT2D eigenvalue weighted by atomic mass is 9.75. The van der Waals surface area contributed by atoms with Crippen molar-refractivity contribution in [3.8, 4) is 23.0 Å². The monoisotopic (exact) mass is 416 g/mol. The molecule has 7 nitrogen and oxygen atoms in total. The van der Waals surface area contributed by atoms with Gasteiger partial charge < -0.3 is 24.4 Å². The molecule has 0 amide bonds. The second-order valence-electron chi connectivity index (χ2n) is 8.32. The molecule has 162 valence electrons. The highest BCUT2D eigenvalue weighted by atomic mass is 16.5. The minimum Gasteiger partial charge on any atom is -0.504 e. The number of fused-ring (bicyclic) bond motifs is 2. The molecule has 0 fully saturated rings. The molecule has 2 N–H and O–H groups in total. The van der Waals surface area contributed by atoms with Crippen LogP contribution in [0.2, 0.25) is 0 Å². The molecule has 0 spiro atoms. The second-order valence-corrected chi connectivity index (χ2v) is 8.32. The van der Waals surface area contributed by atoms with Crippen molar-refractivity contribution < 1.29 is 34.0 Å². The number of ketones is 1. The average Bonchev–Trinajstić information content (AvgIpc) is 2.66. The Kier molecular flexibility index (Phi) is 5.83. The lowest BCUT2D eigenvalue weighted by Crippen LogP contribution is -2.39. The molecule has 0 aliphatic carbocycles. The third-order valence-corrected chi connectivity index (χ3v) is 5.55. The van der Waals surface area contributed by atoms with Gasteiger partial charge in [0.2, 0.25) is 0 Å². The maximum absolute atomic E-state index is 13.5. The van der Waals surface area contributed by atoms with Gasteiger partial charge in [0.1, 0.15) is 23.7 Å². The van der Waals surface area contributed by atoms with Gasteiger partial charge in [-0.05, 0) is 58.1 Å². The van der Waals surface area contributed by atoms with Crippen molar-refractivity contribution >= 4 is 22.5 Å². The largest absolute Gasteiger partial charge is 0.504 e. The van der Waals surface area contributed by atoms with Crippen LogP contribution in [0.25, 0.3) is 10.8 Å². The van der Waals surface area contributed by atoms with E-state index < -0.39 is 5.41 Å². The number of carbonyl (C=O) groups excluding carboxylic acids is 2. The van der Waals surface area contributed by atoms with Gasteiger partial charge in [-0.2, -0.15) is 0 Å². The summed E-state index contributed by atoms with van der Waals surface area (Å²) in [7, 11) is 1.45. The van der Waals surface area contributed by atoms with E-state index in [1.54, 1.807) is 20.8 Å². The predicted molar refractivity (Wildman–Crippen MR) is 112 cm³/mol. The molecule has 0 saturated heterocycles. The van der Waals surface area contributed by atoms with Gasteiger partial charge >= 0.3 is 5.97 Å². The summed E-state index contributed by atoms with van der Waals surface area (Å²) in [6, 6.07) is 2.82. The van der Waals surface area contributed by atoms with Crippen LogP contribution in [0.4, 0.5) is 0 Å². The van der Waals surface area contributed by atoms with Gasteiger partial charge in [-0.3, -0.25) is 9.59 Å². The third kappa shape index (κ3) is 3.76. The summed E-state index contributed by atoms with van der Waals surface area (Å²) in [5, 5.41) is 21.0. The molecule has 1 heterocycles. The summed E-state index contributed by atoms with van der Waals surface area (Å²) in [5.74, 6) is -0.242. The molecule has 1 unspecified atom stereocenters. The zero-order chi connectivity index (χ0) is 22.2. The number of phenols is 2. The van der Waals surface area contributed by atoms with Gasteiger partial charge in [-0.25, -0.2) is 0 Å². The Morgan fingerprint density at radius 3 is 2.47 bits per heavy atom. The first kappa shape index (κ1) is 21.7. The number of esters is 1. The topological polar surface area (TPSA) is 102 Å². The summed E-state index contributed by atoms with van der Waals surface area (Å²) in [6.45, 7) is 7.39. The maximum atomic E-state index is 13.5. The standard InChI is InChI=1S/C23H28O7/c1-12(2)30-18(26)7-6-8-23(4)11-29-20-13(3)14-9-16(24)17(25)10-15(14)21(28-5)19(20)22(23)27/h9-10,12,24-25H,6-8,11H2,1-5H3. The summed E-state index contributed by atoms with van der Waals surface area (Å²) in [4.78, 5) is 25.4. The minimum absolute atomic E-state index is 0.129. The van der Waals surface area contributed by atoms with Crippen molar-refractivity contribution in [3.63, 3.8) is 0 Å². The van der Waals surface area contributed by atoms with Crippen LogP contribution in [0.15, 0.2) is 12.1 Å². The number of hydrogen-bond acceptors (Lipinski definition) is 7. The van der Waals surface area contributed by atoms with E-state index in [9.17, 15) is 19.8 Å². The quantitative estimate of drug-likeness (QED) is 0.535. The molecule has 2 aromatic carbocycles. The van der Waals surface area contributed by atoms with Crippen LogP contribution in [0.5, 0.6) is 23.0 Å². The van der Waals surface area contributed by atoms with Crippen LogP contribution in [0, 0.1) is 12.3 Å². The number of benzene rings is 2. The molecular weight excluding hydrogens is 388 g/mol. The summed E-state index contributed by atoms with van der Waals surface area (Å²) < 4.78 is 16.7. The Morgan fingerprint density at radius 2 is 1.87 bits per heavy atom. The highest BCUT2D eigenvalue weighted by molar-refractivity contribution is 6.12. The van der Waals surface area contributed by atoms with Gasteiger partial charge in [-0.15, -0.1) is 0 Å². The van der Waals surface area contributed by atoms with Crippen molar-refractivity contribution in [2.75, 3.05) is 13.7 Å². The fraction of sp³-hybridized carbons (Fsp3) is 0.478.